The summed E-state index contributed by atoms with van der Waals surface area (Å²) in [5.74, 6) is 0.925. The minimum Gasteiger partial charge on any atom is -0.0807 e. The zero-order valence-corrected chi connectivity index (χ0v) is 8.68. The van der Waals surface area contributed by atoms with Crippen LogP contribution in [0.25, 0.3) is 0 Å². The first kappa shape index (κ1) is 9.05. The van der Waals surface area contributed by atoms with E-state index >= 15 is 0 Å². The van der Waals surface area contributed by atoms with Crippen molar-refractivity contribution >= 4 is 0 Å². The second-order valence-electron chi connectivity index (χ2n) is 4.43. The van der Waals surface area contributed by atoms with E-state index in [1.165, 1.54) is 44.9 Å². The first-order valence-corrected chi connectivity index (χ1v) is 5.79. The van der Waals surface area contributed by atoms with Crippen LogP contribution in [0, 0.1) is 5.92 Å². The lowest BCUT2D eigenvalue weighted by atomic mass is 9.78. The second-order valence-corrected chi connectivity index (χ2v) is 4.43. The highest BCUT2D eigenvalue weighted by Gasteiger charge is 2.20. The topological polar surface area (TPSA) is 0 Å². The van der Waals surface area contributed by atoms with E-state index < -0.39 is 0 Å². The van der Waals surface area contributed by atoms with Gasteiger partial charge in [0.05, 0.1) is 0 Å². The molecule has 0 heterocycles. The van der Waals surface area contributed by atoms with Gasteiger partial charge in [-0.25, -0.2) is 0 Å². The van der Waals surface area contributed by atoms with E-state index in [9.17, 15) is 0 Å². The monoisotopic (exact) mass is 176 g/mol. The molecule has 2 aliphatic carbocycles. The molecule has 0 bridgehead atoms. The zero-order chi connectivity index (χ0) is 9.10. The number of hydrogen-bond donors (Lipinski definition) is 0. The van der Waals surface area contributed by atoms with Crippen molar-refractivity contribution in [2.24, 2.45) is 5.92 Å². The highest BCUT2D eigenvalue weighted by atomic mass is 14.3. The Morgan fingerprint density at radius 3 is 3.15 bits per heavy atom. The van der Waals surface area contributed by atoms with Crippen LogP contribution < -0.4 is 0 Å². The maximum atomic E-state index is 2.50. The molecule has 2 rings (SSSR count). The molecular formula is C13H20. The van der Waals surface area contributed by atoms with E-state index in [2.05, 4.69) is 19.1 Å². The predicted molar refractivity (Wildman–Crippen MR) is 57.6 cm³/mol. The fraction of sp³-hybridized carbons (Fsp3) is 0.692. The summed E-state index contributed by atoms with van der Waals surface area (Å²) in [7, 11) is 0. The molecule has 72 valence electrons. The fourth-order valence-electron chi connectivity index (χ4n) is 2.62. The molecular weight excluding hydrogens is 156 g/mol. The lowest BCUT2D eigenvalue weighted by Crippen LogP contribution is -2.12. The van der Waals surface area contributed by atoms with Crippen molar-refractivity contribution in [2.45, 2.75) is 51.9 Å². The normalized spacial score (nSPS) is 27.6. The Bertz CT molecular complexity index is 232. The van der Waals surface area contributed by atoms with Crippen LogP contribution in [-0.2, 0) is 0 Å². The van der Waals surface area contributed by atoms with Crippen LogP contribution in [0.2, 0.25) is 0 Å². The minimum absolute atomic E-state index is 0.925. The van der Waals surface area contributed by atoms with Gasteiger partial charge in [-0.3, -0.25) is 0 Å². The summed E-state index contributed by atoms with van der Waals surface area (Å²) in [5.41, 5.74) is 3.37. The van der Waals surface area contributed by atoms with Crippen molar-refractivity contribution in [2.75, 3.05) is 0 Å². The van der Waals surface area contributed by atoms with E-state index in [1.54, 1.807) is 11.1 Å². The summed E-state index contributed by atoms with van der Waals surface area (Å²) in [6, 6.07) is 0. The standard InChI is InChI=1S/C13H20/c1-2-5-11-8-9-12-6-3-4-7-13(12)10-11/h8,10,12H,2-7,9H2,1H3. The van der Waals surface area contributed by atoms with Gasteiger partial charge in [-0.2, -0.15) is 0 Å². The molecule has 1 atom stereocenters. The molecule has 1 saturated carbocycles. The van der Waals surface area contributed by atoms with Crippen molar-refractivity contribution in [3.05, 3.63) is 23.3 Å². The summed E-state index contributed by atoms with van der Waals surface area (Å²) in [4.78, 5) is 0. The third-order valence-corrected chi connectivity index (χ3v) is 3.37. The third-order valence-electron chi connectivity index (χ3n) is 3.37. The van der Waals surface area contributed by atoms with Crippen LogP contribution in [0.1, 0.15) is 51.9 Å². The Labute approximate surface area is 81.7 Å². The molecule has 2 aliphatic rings. The van der Waals surface area contributed by atoms with E-state index in [1.807, 2.05) is 0 Å². The molecule has 0 aliphatic heterocycles. The summed E-state index contributed by atoms with van der Waals surface area (Å²) in [5, 5.41) is 0. The lowest BCUT2D eigenvalue weighted by Gasteiger charge is -2.28. The second kappa shape index (κ2) is 4.13. The van der Waals surface area contributed by atoms with Gasteiger partial charge < -0.3 is 0 Å². The Hall–Kier alpha value is -0.520. The average Bonchev–Trinajstić information content (AvgIpc) is 2.18. The number of fused-ring (bicyclic) bond motifs is 1. The van der Waals surface area contributed by atoms with Gasteiger partial charge >= 0.3 is 0 Å². The Kier molecular flexibility index (Phi) is 2.87. The molecule has 0 N–H and O–H groups in total. The Balaban J connectivity index is 2.05. The van der Waals surface area contributed by atoms with Crippen LogP contribution in [0.15, 0.2) is 23.3 Å². The molecule has 0 radical (unpaired) electrons. The maximum Gasteiger partial charge on any atom is -0.0165 e. The van der Waals surface area contributed by atoms with Gasteiger partial charge in [0.1, 0.15) is 0 Å². The number of rotatable bonds is 2. The first-order valence-electron chi connectivity index (χ1n) is 5.79. The first-order chi connectivity index (χ1) is 6.40. The maximum absolute atomic E-state index is 2.50. The van der Waals surface area contributed by atoms with Crippen LogP contribution in [-0.4, -0.2) is 0 Å². The summed E-state index contributed by atoms with van der Waals surface area (Å²) in [6.07, 6.45) is 14.6. The van der Waals surface area contributed by atoms with Gasteiger partial charge in [-0.1, -0.05) is 43.1 Å². The van der Waals surface area contributed by atoms with E-state index in [4.69, 9.17) is 0 Å². The van der Waals surface area contributed by atoms with Crippen LogP contribution >= 0.6 is 0 Å². The molecule has 0 saturated heterocycles. The van der Waals surface area contributed by atoms with E-state index in [-0.39, 0.29) is 0 Å². The SMILES string of the molecule is CCCC1=CCC2CCCCC2=C1. The summed E-state index contributed by atoms with van der Waals surface area (Å²) < 4.78 is 0. The smallest absolute Gasteiger partial charge is 0.0165 e. The molecule has 0 aromatic heterocycles. The van der Waals surface area contributed by atoms with E-state index in [0.29, 0.717) is 0 Å². The van der Waals surface area contributed by atoms with Crippen molar-refractivity contribution in [3.8, 4) is 0 Å². The zero-order valence-electron chi connectivity index (χ0n) is 8.68. The Morgan fingerprint density at radius 1 is 1.38 bits per heavy atom. The molecule has 13 heavy (non-hydrogen) atoms. The van der Waals surface area contributed by atoms with Crippen molar-refractivity contribution in [1.82, 2.24) is 0 Å². The molecule has 0 aromatic carbocycles. The Morgan fingerprint density at radius 2 is 2.31 bits per heavy atom. The van der Waals surface area contributed by atoms with Crippen LogP contribution in [0.5, 0.6) is 0 Å². The highest BCUT2D eigenvalue weighted by molar-refractivity contribution is 5.30. The molecule has 0 aromatic rings. The molecule has 0 spiro atoms. The number of allylic oxidation sites excluding steroid dienone is 4. The van der Waals surface area contributed by atoms with Gasteiger partial charge in [-0.15, -0.1) is 0 Å². The largest absolute Gasteiger partial charge is 0.0807 e. The molecule has 0 nitrogen and oxygen atoms in total. The fourth-order valence-corrected chi connectivity index (χ4v) is 2.62. The van der Waals surface area contributed by atoms with E-state index in [0.717, 1.165) is 5.92 Å². The van der Waals surface area contributed by atoms with Crippen molar-refractivity contribution in [3.63, 3.8) is 0 Å². The van der Waals surface area contributed by atoms with Crippen molar-refractivity contribution in [1.29, 1.82) is 0 Å². The van der Waals surface area contributed by atoms with Crippen LogP contribution in [0.4, 0.5) is 0 Å². The minimum atomic E-state index is 0.925. The van der Waals surface area contributed by atoms with Gasteiger partial charge in [0.2, 0.25) is 0 Å². The third kappa shape index (κ3) is 2.04. The van der Waals surface area contributed by atoms with Gasteiger partial charge in [0.15, 0.2) is 0 Å². The van der Waals surface area contributed by atoms with Gasteiger partial charge in [-0.05, 0) is 38.0 Å². The lowest BCUT2D eigenvalue weighted by molar-refractivity contribution is 0.450. The van der Waals surface area contributed by atoms with Crippen molar-refractivity contribution < 1.29 is 0 Å². The molecule has 0 amide bonds. The summed E-state index contributed by atoms with van der Waals surface area (Å²) in [6.45, 7) is 2.27. The van der Waals surface area contributed by atoms with Crippen LogP contribution in [0.3, 0.4) is 0 Å². The molecule has 1 fully saturated rings. The van der Waals surface area contributed by atoms with Gasteiger partial charge in [0, 0.05) is 0 Å². The summed E-state index contributed by atoms with van der Waals surface area (Å²) >= 11 is 0. The quantitative estimate of drug-likeness (QED) is 0.590. The average molecular weight is 176 g/mol. The molecule has 1 unspecified atom stereocenters. The highest BCUT2D eigenvalue weighted by Crippen LogP contribution is 2.36. The molecule has 0 heteroatoms. The number of hydrogen-bond acceptors (Lipinski definition) is 0. The van der Waals surface area contributed by atoms with Gasteiger partial charge in [0.25, 0.3) is 0 Å². The predicted octanol–water partition coefficient (Wildman–Crippen LogP) is 4.23.